The SMILES string of the molecule is O=C(CSc1nnc(C2CC2)n1-c1ccccc1)Nc1c(Cl)cccc1C(F)(F)F. The lowest BCUT2D eigenvalue weighted by Crippen LogP contribution is -2.19. The molecule has 1 saturated carbocycles. The van der Waals surface area contributed by atoms with Crippen LogP contribution in [0.3, 0.4) is 0 Å². The molecule has 0 bridgehead atoms. The van der Waals surface area contributed by atoms with E-state index in [2.05, 4.69) is 15.5 Å². The Hall–Kier alpha value is -2.52. The normalized spacial score (nSPS) is 14.0. The minimum atomic E-state index is -4.63. The number of hydrogen-bond acceptors (Lipinski definition) is 4. The molecular formula is C20H16ClF3N4OS. The minimum absolute atomic E-state index is 0.141. The Morgan fingerprint density at radius 1 is 1.13 bits per heavy atom. The number of para-hydroxylation sites is 2. The van der Waals surface area contributed by atoms with Crippen LogP contribution in [-0.2, 0) is 11.0 Å². The van der Waals surface area contributed by atoms with Crippen LogP contribution in [0.1, 0.15) is 30.1 Å². The summed E-state index contributed by atoms with van der Waals surface area (Å²) in [4.78, 5) is 12.4. The number of rotatable bonds is 6. The standard InChI is InChI=1S/C20H16ClF3N4OS/c21-15-8-4-7-14(20(22,23)24)17(15)25-16(29)11-30-19-27-26-18(12-9-10-12)28(19)13-5-2-1-3-6-13/h1-8,12H,9-11H2,(H,25,29). The zero-order chi connectivity index (χ0) is 21.3. The first-order valence-electron chi connectivity index (χ1n) is 9.13. The second kappa shape index (κ2) is 8.31. The van der Waals surface area contributed by atoms with Gasteiger partial charge in [0.2, 0.25) is 5.91 Å². The van der Waals surface area contributed by atoms with Crippen molar-refractivity contribution in [1.29, 1.82) is 0 Å². The number of nitrogens with one attached hydrogen (secondary N) is 1. The van der Waals surface area contributed by atoms with Gasteiger partial charge in [-0.2, -0.15) is 13.2 Å². The van der Waals surface area contributed by atoms with E-state index < -0.39 is 23.3 Å². The summed E-state index contributed by atoms with van der Waals surface area (Å²) in [6.45, 7) is 0. The smallest absolute Gasteiger partial charge is 0.324 e. The number of anilines is 1. The van der Waals surface area contributed by atoms with Gasteiger partial charge in [0, 0.05) is 11.6 Å². The quantitative estimate of drug-likeness (QED) is 0.498. The number of carbonyl (C=O) groups excluding carboxylic acids is 1. The van der Waals surface area contributed by atoms with Crippen LogP contribution >= 0.6 is 23.4 Å². The van der Waals surface area contributed by atoms with Gasteiger partial charge in [0.1, 0.15) is 5.82 Å². The zero-order valence-corrected chi connectivity index (χ0v) is 17.1. The number of aromatic nitrogens is 3. The van der Waals surface area contributed by atoms with Crippen molar-refractivity contribution in [2.24, 2.45) is 0 Å². The summed E-state index contributed by atoms with van der Waals surface area (Å²) in [7, 11) is 0. The number of hydrogen-bond donors (Lipinski definition) is 1. The molecular weight excluding hydrogens is 437 g/mol. The van der Waals surface area contributed by atoms with E-state index >= 15 is 0 Å². The Kier molecular flexibility index (Phi) is 5.75. The first-order valence-corrected chi connectivity index (χ1v) is 10.5. The largest absolute Gasteiger partial charge is 0.418 e. The van der Waals surface area contributed by atoms with Gasteiger partial charge >= 0.3 is 6.18 Å². The maximum absolute atomic E-state index is 13.2. The summed E-state index contributed by atoms with van der Waals surface area (Å²) >= 11 is 7.01. The van der Waals surface area contributed by atoms with Crippen LogP contribution < -0.4 is 5.32 Å². The Morgan fingerprint density at radius 2 is 1.87 bits per heavy atom. The molecule has 1 N–H and O–H groups in total. The average molecular weight is 453 g/mol. The van der Waals surface area contributed by atoms with Gasteiger partial charge in [-0.3, -0.25) is 9.36 Å². The van der Waals surface area contributed by atoms with Crippen molar-refractivity contribution in [3.63, 3.8) is 0 Å². The molecule has 1 aliphatic carbocycles. The number of thioether (sulfide) groups is 1. The van der Waals surface area contributed by atoms with Gasteiger partial charge in [-0.25, -0.2) is 0 Å². The van der Waals surface area contributed by atoms with E-state index in [4.69, 9.17) is 11.6 Å². The second-order valence-corrected chi connectivity index (χ2v) is 8.13. The van der Waals surface area contributed by atoms with E-state index in [9.17, 15) is 18.0 Å². The highest BCUT2D eigenvalue weighted by Gasteiger charge is 2.35. The minimum Gasteiger partial charge on any atom is -0.324 e. The van der Waals surface area contributed by atoms with Crippen LogP contribution in [0.15, 0.2) is 53.7 Å². The molecule has 0 atom stereocenters. The Labute approximate surface area is 179 Å². The fourth-order valence-corrected chi connectivity index (χ4v) is 3.97. The van der Waals surface area contributed by atoms with Crippen LogP contribution in [0, 0.1) is 0 Å². The van der Waals surface area contributed by atoms with E-state index in [1.165, 1.54) is 12.1 Å². The van der Waals surface area contributed by atoms with E-state index in [0.717, 1.165) is 42.2 Å². The molecule has 0 saturated heterocycles. The molecule has 0 spiro atoms. The summed E-state index contributed by atoms with van der Waals surface area (Å²) in [6.07, 6.45) is -2.57. The number of benzene rings is 2. The number of nitrogens with zero attached hydrogens (tertiary/aromatic N) is 3. The highest BCUT2D eigenvalue weighted by Crippen LogP contribution is 2.41. The van der Waals surface area contributed by atoms with Crippen molar-refractivity contribution in [3.05, 3.63) is 64.9 Å². The molecule has 2 aromatic carbocycles. The number of halogens is 4. The predicted octanol–water partition coefficient (Wildman–Crippen LogP) is 5.55. The molecule has 1 aromatic heterocycles. The lowest BCUT2D eigenvalue weighted by Gasteiger charge is -2.15. The summed E-state index contributed by atoms with van der Waals surface area (Å²) in [5.74, 6) is 0.403. The van der Waals surface area contributed by atoms with E-state index in [0.29, 0.717) is 11.1 Å². The molecule has 1 heterocycles. The van der Waals surface area contributed by atoms with E-state index in [1.807, 2.05) is 34.9 Å². The van der Waals surface area contributed by atoms with Gasteiger partial charge in [-0.1, -0.05) is 47.6 Å². The summed E-state index contributed by atoms with van der Waals surface area (Å²) in [5, 5.41) is 11.1. The molecule has 3 aromatic rings. The molecule has 1 amide bonds. The second-order valence-electron chi connectivity index (χ2n) is 6.78. The molecule has 0 aliphatic heterocycles. The fraction of sp³-hybridized carbons (Fsp3) is 0.250. The van der Waals surface area contributed by atoms with Crippen molar-refractivity contribution in [3.8, 4) is 5.69 Å². The van der Waals surface area contributed by atoms with Gasteiger partial charge < -0.3 is 5.32 Å². The topological polar surface area (TPSA) is 59.8 Å². The first kappa shape index (κ1) is 20.7. The van der Waals surface area contributed by atoms with Crippen molar-refractivity contribution in [1.82, 2.24) is 14.8 Å². The number of alkyl halides is 3. The van der Waals surface area contributed by atoms with Crippen molar-refractivity contribution in [2.45, 2.75) is 30.1 Å². The van der Waals surface area contributed by atoms with Gasteiger partial charge in [0.05, 0.1) is 22.0 Å². The van der Waals surface area contributed by atoms with Crippen LogP contribution in [-0.4, -0.2) is 26.4 Å². The highest BCUT2D eigenvalue weighted by atomic mass is 35.5. The molecule has 30 heavy (non-hydrogen) atoms. The number of carbonyl (C=O) groups is 1. The average Bonchev–Trinajstić information content (AvgIpc) is 3.47. The maximum Gasteiger partial charge on any atom is 0.418 e. The summed E-state index contributed by atoms with van der Waals surface area (Å²) < 4.78 is 41.5. The molecule has 10 heteroatoms. The monoisotopic (exact) mass is 452 g/mol. The van der Waals surface area contributed by atoms with Crippen LogP contribution in [0.2, 0.25) is 5.02 Å². The van der Waals surface area contributed by atoms with Crippen LogP contribution in [0.4, 0.5) is 18.9 Å². The van der Waals surface area contributed by atoms with Gasteiger partial charge in [-0.05, 0) is 37.1 Å². The molecule has 0 radical (unpaired) electrons. The third-order valence-electron chi connectivity index (χ3n) is 4.53. The first-order chi connectivity index (χ1) is 14.3. The Balaban J connectivity index is 1.52. The third kappa shape index (κ3) is 4.46. The molecule has 156 valence electrons. The van der Waals surface area contributed by atoms with Gasteiger partial charge in [-0.15, -0.1) is 10.2 Å². The van der Waals surface area contributed by atoms with E-state index in [-0.39, 0.29) is 10.8 Å². The van der Waals surface area contributed by atoms with Crippen molar-refractivity contribution < 1.29 is 18.0 Å². The molecule has 4 rings (SSSR count). The van der Waals surface area contributed by atoms with E-state index in [1.54, 1.807) is 0 Å². The molecule has 5 nitrogen and oxygen atoms in total. The highest BCUT2D eigenvalue weighted by molar-refractivity contribution is 7.99. The maximum atomic E-state index is 13.2. The number of amides is 1. The molecule has 0 unspecified atom stereocenters. The molecule has 1 aliphatic rings. The van der Waals surface area contributed by atoms with Crippen molar-refractivity contribution in [2.75, 3.05) is 11.1 Å². The van der Waals surface area contributed by atoms with Gasteiger partial charge in [0.25, 0.3) is 0 Å². The summed E-state index contributed by atoms with van der Waals surface area (Å²) in [6, 6.07) is 12.9. The Morgan fingerprint density at radius 3 is 2.53 bits per heavy atom. The lowest BCUT2D eigenvalue weighted by atomic mass is 10.1. The lowest BCUT2D eigenvalue weighted by molar-refractivity contribution is -0.137. The zero-order valence-electron chi connectivity index (χ0n) is 15.5. The van der Waals surface area contributed by atoms with Crippen molar-refractivity contribution >= 4 is 35.0 Å². The third-order valence-corrected chi connectivity index (χ3v) is 5.77. The van der Waals surface area contributed by atoms with Crippen LogP contribution in [0.25, 0.3) is 5.69 Å². The predicted molar refractivity (Wildman–Crippen MR) is 109 cm³/mol. The fourth-order valence-electron chi connectivity index (χ4n) is 2.99. The summed E-state index contributed by atoms with van der Waals surface area (Å²) in [5.41, 5.74) is -0.560. The molecule has 1 fully saturated rings. The Bertz CT molecular complexity index is 1070. The van der Waals surface area contributed by atoms with Crippen LogP contribution in [0.5, 0.6) is 0 Å². The van der Waals surface area contributed by atoms with Gasteiger partial charge in [0.15, 0.2) is 5.16 Å².